The molecular formula is C10H17N3O. The lowest BCUT2D eigenvalue weighted by Gasteiger charge is -2.10. The standard InChI is InChI=1S/C10H17N3O/c1-3-9(11)10(14)12-7-8-5-4-6-13(8)2/h4-6,9H,3,7,11H2,1-2H3,(H,12,14)/t9-/m1/s1. The number of aryl methyl sites for hydroxylation is 1. The molecule has 1 aromatic heterocycles. The lowest BCUT2D eigenvalue weighted by Crippen LogP contribution is -2.39. The Bertz CT molecular complexity index is 306. The van der Waals surface area contributed by atoms with Crippen molar-refractivity contribution >= 4 is 5.91 Å². The van der Waals surface area contributed by atoms with Crippen LogP contribution in [-0.2, 0) is 18.4 Å². The molecule has 1 atom stereocenters. The molecular weight excluding hydrogens is 178 g/mol. The molecule has 1 rings (SSSR count). The molecule has 1 heterocycles. The van der Waals surface area contributed by atoms with Crippen LogP contribution in [0.1, 0.15) is 19.0 Å². The van der Waals surface area contributed by atoms with E-state index in [1.54, 1.807) is 0 Å². The number of carbonyl (C=O) groups excluding carboxylic acids is 1. The van der Waals surface area contributed by atoms with Gasteiger partial charge < -0.3 is 15.6 Å². The summed E-state index contributed by atoms with van der Waals surface area (Å²) >= 11 is 0. The van der Waals surface area contributed by atoms with Crippen molar-refractivity contribution in [3.8, 4) is 0 Å². The van der Waals surface area contributed by atoms with Gasteiger partial charge in [0.2, 0.25) is 5.91 Å². The van der Waals surface area contributed by atoms with Crippen LogP contribution < -0.4 is 11.1 Å². The van der Waals surface area contributed by atoms with Crippen molar-refractivity contribution in [3.05, 3.63) is 24.0 Å². The summed E-state index contributed by atoms with van der Waals surface area (Å²) in [4.78, 5) is 11.3. The summed E-state index contributed by atoms with van der Waals surface area (Å²) in [5.74, 6) is -0.0892. The van der Waals surface area contributed by atoms with Crippen LogP contribution in [-0.4, -0.2) is 16.5 Å². The zero-order chi connectivity index (χ0) is 10.6. The fourth-order valence-electron chi connectivity index (χ4n) is 1.17. The lowest BCUT2D eigenvalue weighted by molar-refractivity contribution is -0.122. The minimum absolute atomic E-state index is 0.0892. The Balaban J connectivity index is 2.41. The first-order valence-corrected chi connectivity index (χ1v) is 4.78. The Hall–Kier alpha value is -1.29. The second kappa shape index (κ2) is 4.81. The molecule has 0 bridgehead atoms. The van der Waals surface area contributed by atoms with Crippen LogP contribution in [0.15, 0.2) is 18.3 Å². The minimum Gasteiger partial charge on any atom is -0.353 e. The molecule has 1 amide bonds. The Kier molecular flexibility index (Phi) is 3.71. The number of nitrogens with zero attached hydrogens (tertiary/aromatic N) is 1. The van der Waals surface area contributed by atoms with E-state index in [9.17, 15) is 4.79 Å². The molecule has 0 aromatic carbocycles. The summed E-state index contributed by atoms with van der Waals surface area (Å²) in [5.41, 5.74) is 6.65. The Morgan fingerprint density at radius 2 is 2.43 bits per heavy atom. The monoisotopic (exact) mass is 195 g/mol. The van der Waals surface area contributed by atoms with Crippen molar-refractivity contribution in [2.45, 2.75) is 25.9 Å². The summed E-state index contributed by atoms with van der Waals surface area (Å²) in [6.07, 6.45) is 2.61. The smallest absolute Gasteiger partial charge is 0.237 e. The molecule has 78 valence electrons. The Labute approximate surface area is 84.1 Å². The highest BCUT2D eigenvalue weighted by Crippen LogP contribution is 1.98. The third-order valence-corrected chi connectivity index (χ3v) is 2.27. The number of aromatic nitrogens is 1. The molecule has 4 heteroatoms. The maximum atomic E-state index is 11.3. The SMILES string of the molecule is CC[C@@H](N)C(=O)NCc1cccn1C. The number of nitrogens with one attached hydrogen (secondary N) is 1. The maximum absolute atomic E-state index is 11.3. The number of hydrogen-bond donors (Lipinski definition) is 2. The fraction of sp³-hybridized carbons (Fsp3) is 0.500. The number of amides is 1. The van der Waals surface area contributed by atoms with Crippen molar-refractivity contribution in [2.75, 3.05) is 0 Å². The second-order valence-electron chi connectivity index (χ2n) is 3.34. The first-order valence-electron chi connectivity index (χ1n) is 4.78. The van der Waals surface area contributed by atoms with Gasteiger partial charge in [0.25, 0.3) is 0 Å². The van der Waals surface area contributed by atoms with Crippen LogP contribution >= 0.6 is 0 Å². The van der Waals surface area contributed by atoms with Crippen LogP contribution in [0.4, 0.5) is 0 Å². The van der Waals surface area contributed by atoms with E-state index in [-0.39, 0.29) is 5.91 Å². The van der Waals surface area contributed by atoms with Gasteiger partial charge >= 0.3 is 0 Å². The molecule has 0 radical (unpaired) electrons. The van der Waals surface area contributed by atoms with E-state index < -0.39 is 6.04 Å². The molecule has 0 spiro atoms. The normalized spacial score (nSPS) is 12.5. The summed E-state index contributed by atoms with van der Waals surface area (Å²) in [6, 6.07) is 3.52. The molecule has 3 N–H and O–H groups in total. The van der Waals surface area contributed by atoms with Gasteiger partial charge in [0, 0.05) is 18.9 Å². The van der Waals surface area contributed by atoms with E-state index >= 15 is 0 Å². The molecule has 0 saturated heterocycles. The highest BCUT2D eigenvalue weighted by atomic mass is 16.2. The van der Waals surface area contributed by atoms with Crippen molar-refractivity contribution in [1.29, 1.82) is 0 Å². The van der Waals surface area contributed by atoms with E-state index in [1.807, 2.05) is 36.9 Å². The zero-order valence-electron chi connectivity index (χ0n) is 8.66. The average molecular weight is 195 g/mol. The molecule has 0 saturated carbocycles. The van der Waals surface area contributed by atoms with Crippen molar-refractivity contribution < 1.29 is 4.79 Å². The van der Waals surface area contributed by atoms with E-state index in [4.69, 9.17) is 5.73 Å². The quantitative estimate of drug-likeness (QED) is 0.729. The van der Waals surface area contributed by atoms with E-state index in [2.05, 4.69) is 5.32 Å². The van der Waals surface area contributed by atoms with Gasteiger partial charge in [0.05, 0.1) is 12.6 Å². The summed E-state index contributed by atoms with van der Waals surface area (Å²) < 4.78 is 1.97. The largest absolute Gasteiger partial charge is 0.353 e. The van der Waals surface area contributed by atoms with Gasteiger partial charge in [-0.05, 0) is 18.6 Å². The van der Waals surface area contributed by atoms with Crippen LogP contribution in [0.2, 0.25) is 0 Å². The third kappa shape index (κ3) is 2.60. The number of nitrogens with two attached hydrogens (primary N) is 1. The molecule has 0 aliphatic carbocycles. The minimum atomic E-state index is -0.393. The van der Waals surface area contributed by atoms with Gasteiger partial charge in [0.15, 0.2) is 0 Å². The first kappa shape index (κ1) is 10.8. The molecule has 0 fully saturated rings. The summed E-state index contributed by atoms with van der Waals surface area (Å²) in [6.45, 7) is 2.43. The van der Waals surface area contributed by atoms with Crippen molar-refractivity contribution in [3.63, 3.8) is 0 Å². The van der Waals surface area contributed by atoms with Gasteiger partial charge in [0.1, 0.15) is 0 Å². The van der Waals surface area contributed by atoms with E-state index in [0.29, 0.717) is 13.0 Å². The van der Waals surface area contributed by atoms with Gasteiger partial charge in [-0.25, -0.2) is 0 Å². The molecule has 4 nitrogen and oxygen atoms in total. The summed E-state index contributed by atoms with van der Waals surface area (Å²) in [5, 5.41) is 2.79. The molecule has 0 aliphatic heterocycles. The van der Waals surface area contributed by atoms with Crippen LogP contribution in [0, 0.1) is 0 Å². The zero-order valence-corrected chi connectivity index (χ0v) is 8.66. The number of hydrogen-bond acceptors (Lipinski definition) is 2. The predicted molar refractivity (Wildman–Crippen MR) is 55.5 cm³/mol. The number of rotatable bonds is 4. The van der Waals surface area contributed by atoms with Gasteiger partial charge in [-0.1, -0.05) is 6.92 Å². The highest BCUT2D eigenvalue weighted by molar-refractivity contribution is 5.81. The van der Waals surface area contributed by atoms with Gasteiger partial charge in [-0.15, -0.1) is 0 Å². The third-order valence-electron chi connectivity index (χ3n) is 2.27. The van der Waals surface area contributed by atoms with Crippen LogP contribution in [0.5, 0.6) is 0 Å². The Morgan fingerprint density at radius 3 is 2.93 bits per heavy atom. The average Bonchev–Trinajstić information content (AvgIpc) is 2.59. The molecule has 0 aliphatic rings. The van der Waals surface area contributed by atoms with Crippen LogP contribution in [0.3, 0.4) is 0 Å². The first-order chi connectivity index (χ1) is 6.65. The molecule has 14 heavy (non-hydrogen) atoms. The lowest BCUT2D eigenvalue weighted by atomic mass is 10.2. The van der Waals surface area contributed by atoms with Crippen molar-refractivity contribution in [1.82, 2.24) is 9.88 Å². The summed E-state index contributed by atoms with van der Waals surface area (Å²) in [7, 11) is 1.95. The molecule has 1 aromatic rings. The van der Waals surface area contributed by atoms with Crippen LogP contribution in [0.25, 0.3) is 0 Å². The van der Waals surface area contributed by atoms with E-state index in [0.717, 1.165) is 5.69 Å². The second-order valence-corrected chi connectivity index (χ2v) is 3.34. The predicted octanol–water partition coefficient (Wildman–Crippen LogP) is 0.379. The maximum Gasteiger partial charge on any atom is 0.237 e. The Morgan fingerprint density at radius 1 is 1.71 bits per heavy atom. The highest BCUT2D eigenvalue weighted by Gasteiger charge is 2.10. The van der Waals surface area contributed by atoms with Crippen molar-refractivity contribution in [2.24, 2.45) is 12.8 Å². The topological polar surface area (TPSA) is 60.1 Å². The number of carbonyl (C=O) groups is 1. The molecule has 0 unspecified atom stereocenters. The fourth-order valence-corrected chi connectivity index (χ4v) is 1.17. The van der Waals surface area contributed by atoms with E-state index in [1.165, 1.54) is 0 Å². The van der Waals surface area contributed by atoms with Gasteiger partial charge in [-0.3, -0.25) is 4.79 Å². The van der Waals surface area contributed by atoms with Gasteiger partial charge in [-0.2, -0.15) is 0 Å².